The lowest BCUT2D eigenvalue weighted by Crippen LogP contribution is -2.03. The molecule has 0 radical (unpaired) electrons. The van der Waals surface area contributed by atoms with E-state index in [1.54, 1.807) is 6.07 Å². The molecule has 1 unspecified atom stereocenters. The molecule has 2 nitrogen and oxygen atoms in total. The van der Waals surface area contributed by atoms with Crippen LogP contribution in [0.2, 0.25) is 0 Å². The normalized spacial score (nSPS) is 12.6. The molecule has 16 heavy (non-hydrogen) atoms. The first-order chi connectivity index (χ1) is 7.67. The number of unbranched alkanes of at least 4 members (excludes halogenated alkanes) is 1. The van der Waals surface area contributed by atoms with E-state index in [0.717, 1.165) is 18.4 Å². The minimum absolute atomic E-state index is 0.128. The molecule has 90 valence electrons. The van der Waals surface area contributed by atoms with E-state index in [-0.39, 0.29) is 11.5 Å². The van der Waals surface area contributed by atoms with Crippen molar-refractivity contribution in [3.8, 4) is 11.5 Å². The highest BCUT2D eigenvalue weighted by Gasteiger charge is 2.10. The Morgan fingerprint density at radius 1 is 1.19 bits per heavy atom. The van der Waals surface area contributed by atoms with E-state index in [1.165, 1.54) is 25.3 Å². The van der Waals surface area contributed by atoms with Crippen LogP contribution in [0.4, 0.5) is 0 Å². The van der Waals surface area contributed by atoms with Gasteiger partial charge in [-0.2, -0.15) is 0 Å². The standard InChI is InChI=1S/C14H22O2/c1-3-5-6-11(4-2)9-12-7-8-13(15)10-14(12)16/h7-8,10-11,15-16H,3-6,9H2,1-2H3. The van der Waals surface area contributed by atoms with Gasteiger partial charge in [-0.1, -0.05) is 45.6 Å². The summed E-state index contributed by atoms with van der Waals surface area (Å²) in [7, 11) is 0. The molecular weight excluding hydrogens is 200 g/mol. The molecule has 0 saturated heterocycles. The van der Waals surface area contributed by atoms with Crippen LogP contribution in [-0.2, 0) is 6.42 Å². The minimum atomic E-state index is 0.128. The monoisotopic (exact) mass is 222 g/mol. The summed E-state index contributed by atoms with van der Waals surface area (Å²) in [4.78, 5) is 0. The van der Waals surface area contributed by atoms with Crippen molar-refractivity contribution in [1.82, 2.24) is 0 Å². The van der Waals surface area contributed by atoms with Crippen LogP contribution in [0, 0.1) is 5.92 Å². The molecule has 0 fully saturated rings. The third-order valence-electron chi connectivity index (χ3n) is 3.12. The van der Waals surface area contributed by atoms with Crippen LogP contribution in [0.3, 0.4) is 0 Å². The molecule has 0 aliphatic heterocycles. The van der Waals surface area contributed by atoms with Crippen LogP contribution in [0.25, 0.3) is 0 Å². The summed E-state index contributed by atoms with van der Waals surface area (Å²) in [5.41, 5.74) is 0.945. The molecule has 1 atom stereocenters. The molecule has 2 N–H and O–H groups in total. The SMILES string of the molecule is CCCCC(CC)Cc1ccc(O)cc1O. The molecular formula is C14H22O2. The second-order valence-electron chi connectivity index (χ2n) is 4.43. The third-order valence-corrected chi connectivity index (χ3v) is 3.12. The Balaban J connectivity index is 2.62. The number of benzene rings is 1. The smallest absolute Gasteiger partial charge is 0.122 e. The molecule has 1 aromatic rings. The molecule has 0 heterocycles. The molecule has 2 heteroatoms. The molecule has 0 aromatic heterocycles. The zero-order valence-corrected chi connectivity index (χ0v) is 10.2. The lowest BCUT2D eigenvalue weighted by molar-refractivity contribution is 0.420. The Morgan fingerprint density at radius 2 is 1.94 bits per heavy atom. The Bertz CT molecular complexity index is 321. The molecule has 0 aliphatic carbocycles. The zero-order valence-electron chi connectivity index (χ0n) is 10.2. The van der Waals surface area contributed by atoms with E-state index in [2.05, 4.69) is 13.8 Å². The van der Waals surface area contributed by atoms with Gasteiger partial charge < -0.3 is 10.2 Å². The van der Waals surface area contributed by atoms with Crippen LogP contribution in [0.1, 0.15) is 45.1 Å². The lowest BCUT2D eigenvalue weighted by Gasteiger charge is -2.15. The van der Waals surface area contributed by atoms with Crippen molar-refractivity contribution in [2.45, 2.75) is 46.0 Å². The van der Waals surface area contributed by atoms with Crippen molar-refractivity contribution in [1.29, 1.82) is 0 Å². The van der Waals surface area contributed by atoms with Gasteiger partial charge in [0.15, 0.2) is 0 Å². The van der Waals surface area contributed by atoms with Crippen molar-refractivity contribution in [3.63, 3.8) is 0 Å². The van der Waals surface area contributed by atoms with Crippen molar-refractivity contribution < 1.29 is 10.2 Å². The van der Waals surface area contributed by atoms with Gasteiger partial charge in [-0.05, 0) is 24.0 Å². The first-order valence-electron chi connectivity index (χ1n) is 6.18. The first-order valence-corrected chi connectivity index (χ1v) is 6.18. The zero-order chi connectivity index (χ0) is 12.0. The quantitative estimate of drug-likeness (QED) is 0.767. The van der Waals surface area contributed by atoms with Crippen LogP contribution in [0.5, 0.6) is 11.5 Å². The van der Waals surface area contributed by atoms with Crippen LogP contribution >= 0.6 is 0 Å². The number of phenols is 2. The largest absolute Gasteiger partial charge is 0.508 e. The van der Waals surface area contributed by atoms with Gasteiger partial charge in [-0.25, -0.2) is 0 Å². The first kappa shape index (κ1) is 12.9. The predicted molar refractivity (Wildman–Crippen MR) is 66.8 cm³/mol. The molecule has 0 amide bonds. The second kappa shape index (κ2) is 6.41. The second-order valence-corrected chi connectivity index (χ2v) is 4.43. The Kier molecular flexibility index (Phi) is 5.17. The predicted octanol–water partition coefficient (Wildman–Crippen LogP) is 3.86. The van der Waals surface area contributed by atoms with Gasteiger partial charge in [0.05, 0.1) is 0 Å². The third kappa shape index (κ3) is 3.76. The van der Waals surface area contributed by atoms with Gasteiger partial charge in [0.1, 0.15) is 11.5 Å². The summed E-state index contributed by atoms with van der Waals surface area (Å²) in [6, 6.07) is 4.88. The summed E-state index contributed by atoms with van der Waals surface area (Å²) in [6.45, 7) is 4.39. The number of hydrogen-bond acceptors (Lipinski definition) is 2. The Morgan fingerprint density at radius 3 is 2.50 bits per heavy atom. The fourth-order valence-corrected chi connectivity index (χ4v) is 1.98. The highest BCUT2D eigenvalue weighted by molar-refractivity contribution is 5.39. The summed E-state index contributed by atoms with van der Waals surface area (Å²) in [5.74, 6) is 0.980. The highest BCUT2D eigenvalue weighted by Crippen LogP contribution is 2.27. The number of hydrogen-bond donors (Lipinski definition) is 2. The van der Waals surface area contributed by atoms with Crippen LogP contribution in [-0.4, -0.2) is 10.2 Å². The average molecular weight is 222 g/mol. The topological polar surface area (TPSA) is 40.5 Å². The van der Waals surface area contributed by atoms with E-state index in [4.69, 9.17) is 0 Å². The maximum absolute atomic E-state index is 9.70. The van der Waals surface area contributed by atoms with Gasteiger partial charge in [-0.3, -0.25) is 0 Å². The fourth-order valence-electron chi connectivity index (χ4n) is 1.98. The Labute approximate surface area is 97.9 Å². The molecule has 0 spiro atoms. The minimum Gasteiger partial charge on any atom is -0.508 e. The van der Waals surface area contributed by atoms with Gasteiger partial charge in [0, 0.05) is 6.07 Å². The summed E-state index contributed by atoms with van der Waals surface area (Å²) >= 11 is 0. The number of aromatic hydroxyl groups is 2. The summed E-state index contributed by atoms with van der Waals surface area (Å²) in [5, 5.41) is 18.9. The van der Waals surface area contributed by atoms with Crippen LogP contribution < -0.4 is 0 Å². The van der Waals surface area contributed by atoms with Crippen molar-refractivity contribution in [3.05, 3.63) is 23.8 Å². The molecule has 0 bridgehead atoms. The van der Waals surface area contributed by atoms with E-state index in [9.17, 15) is 10.2 Å². The number of phenolic OH excluding ortho intramolecular Hbond substituents is 2. The van der Waals surface area contributed by atoms with Crippen molar-refractivity contribution in [2.24, 2.45) is 5.92 Å². The molecule has 0 aliphatic rings. The highest BCUT2D eigenvalue weighted by atomic mass is 16.3. The molecule has 0 saturated carbocycles. The van der Waals surface area contributed by atoms with E-state index < -0.39 is 0 Å². The van der Waals surface area contributed by atoms with Gasteiger partial charge in [0.25, 0.3) is 0 Å². The average Bonchev–Trinajstić information content (AvgIpc) is 2.27. The maximum atomic E-state index is 9.70. The lowest BCUT2D eigenvalue weighted by atomic mass is 9.91. The van der Waals surface area contributed by atoms with E-state index in [1.807, 2.05) is 6.07 Å². The van der Waals surface area contributed by atoms with E-state index >= 15 is 0 Å². The maximum Gasteiger partial charge on any atom is 0.122 e. The fraction of sp³-hybridized carbons (Fsp3) is 0.571. The number of rotatable bonds is 6. The van der Waals surface area contributed by atoms with Crippen molar-refractivity contribution in [2.75, 3.05) is 0 Å². The molecule has 1 rings (SSSR count). The van der Waals surface area contributed by atoms with Gasteiger partial charge >= 0.3 is 0 Å². The van der Waals surface area contributed by atoms with E-state index in [0.29, 0.717) is 5.92 Å². The summed E-state index contributed by atoms with van der Waals surface area (Å²) < 4.78 is 0. The van der Waals surface area contributed by atoms with Crippen molar-refractivity contribution >= 4 is 0 Å². The Hall–Kier alpha value is -1.18. The summed E-state index contributed by atoms with van der Waals surface area (Å²) in [6.07, 6.45) is 5.73. The van der Waals surface area contributed by atoms with Crippen LogP contribution in [0.15, 0.2) is 18.2 Å². The van der Waals surface area contributed by atoms with Gasteiger partial charge in [-0.15, -0.1) is 0 Å². The molecule has 1 aromatic carbocycles. The van der Waals surface area contributed by atoms with Gasteiger partial charge in [0.2, 0.25) is 0 Å².